The third-order valence-corrected chi connectivity index (χ3v) is 2.16. The third kappa shape index (κ3) is 1.64. The van der Waals surface area contributed by atoms with Crippen molar-refractivity contribution in [3.05, 3.63) is 23.8 Å². The van der Waals surface area contributed by atoms with Gasteiger partial charge in [-0.3, -0.25) is 4.79 Å². The summed E-state index contributed by atoms with van der Waals surface area (Å²) in [6, 6.07) is 5.19. The molecule has 4 heteroatoms. The molecule has 0 unspecified atom stereocenters. The first-order valence-corrected chi connectivity index (χ1v) is 4.58. The summed E-state index contributed by atoms with van der Waals surface area (Å²) >= 11 is 0. The lowest BCUT2D eigenvalue weighted by atomic mass is 10.2. The van der Waals surface area contributed by atoms with Gasteiger partial charge in [0.05, 0.1) is 12.3 Å². The van der Waals surface area contributed by atoms with Gasteiger partial charge in [-0.05, 0) is 24.6 Å². The molecule has 0 saturated carbocycles. The van der Waals surface area contributed by atoms with Crippen LogP contribution in [0.15, 0.2) is 18.2 Å². The Balaban J connectivity index is 2.37. The molecule has 1 aliphatic rings. The van der Waals surface area contributed by atoms with E-state index in [1.54, 1.807) is 12.1 Å². The van der Waals surface area contributed by atoms with Crippen molar-refractivity contribution in [1.29, 1.82) is 0 Å². The van der Waals surface area contributed by atoms with Gasteiger partial charge in [-0.2, -0.15) is 0 Å². The normalized spacial score (nSPS) is 14.6. The molecule has 2 rings (SSSR count). The van der Waals surface area contributed by atoms with E-state index in [-0.39, 0.29) is 0 Å². The maximum absolute atomic E-state index is 10.9. The topological polar surface area (TPSA) is 64.4 Å². The molecule has 0 spiro atoms. The molecule has 1 aromatic rings. The van der Waals surface area contributed by atoms with Crippen molar-refractivity contribution >= 4 is 11.6 Å². The minimum atomic E-state index is -0.430. The van der Waals surface area contributed by atoms with Gasteiger partial charge in [0.25, 0.3) is 0 Å². The van der Waals surface area contributed by atoms with Crippen molar-refractivity contribution in [2.24, 2.45) is 5.73 Å². The lowest BCUT2D eigenvalue weighted by Crippen LogP contribution is -2.11. The van der Waals surface area contributed by atoms with Crippen LogP contribution in [0.1, 0.15) is 16.8 Å². The number of fused-ring (bicyclic) bond motifs is 1. The Bertz CT molecular complexity index is 363. The number of amides is 1. The molecule has 14 heavy (non-hydrogen) atoms. The maximum atomic E-state index is 10.9. The summed E-state index contributed by atoms with van der Waals surface area (Å²) in [7, 11) is 0. The Labute approximate surface area is 82.1 Å². The molecule has 1 amide bonds. The first-order chi connectivity index (χ1) is 6.77. The van der Waals surface area contributed by atoms with Crippen LogP contribution in [0.4, 0.5) is 5.69 Å². The second kappa shape index (κ2) is 3.57. The van der Waals surface area contributed by atoms with Gasteiger partial charge in [0.1, 0.15) is 5.75 Å². The highest BCUT2D eigenvalue weighted by Gasteiger charge is 2.10. The van der Waals surface area contributed by atoms with Crippen LogP contribution in [0, 0.1) is 0 Å². The Morgan fingerprint density at radius 2 is 2.36 bits per heavy atom. The van der Waals surface area contributed by atoms with E-state index in [0.717, 1.165) is 18.7 Å². The van der Waals surface area contributed by atoms with Crippen LogP contribution in [-0.4, -0.2) is 19.1 Å². The second-order valence-electron chi connectivity index (χ2n) is 3.20. The van der Waals surface area contributed by atoms with Gasteiger partial charge in [-0.1, -0.05) is 0 Å². The number of carbonyl (C=O) groups is 1. The van der Waals surface area contributed by atoms with Gasteiger partial charge in [0.15, 0.2) is 0 Å². The van der Waals surface area contributed by atoms with E-state index in [9.17, 15) is 4.79 Å². The van der Waals surface area contributed by atoms with Gasteiger partial charge in [-0.25, -0.2) is 0 Å². The third-order valence-electron chi connectivity index (χ3n) is 2.16. The maximum Gasteiger partial charge on any atom is 0.248 e. The van der Waals surface area contributed by atoms with E-state index < -0.39 is 5.91 Å². The lowest BCUT2D eigenvalue weighted by Gasteiger charge is -2.08. The number of rotatable bonds is 1. The molecule has 0 fully saturated rings. The zero-order valence-electron chi connectivity index (χ0n) is 7.75. The number of hydrogen-bond acceptors (Lipinski definition) is 3. The zero-order valence-corrected chi connectivity index (χ0v) is 7.75. The molecular weight excluding hydrogens is 180 g/mol. The smallest absolute Gasteiger partial charge is 0.248 e. The van der Waals surface area contributed by atoms with E-state index in [1.807, 2.05) is 6.07 Å². The Morgan fingerprint density at radius 3 is 3.14 bits per heavy atom. The molecule has 1 heterocycles. The molecule has 0 atom stereocenters. The van der Waals surface area contributed by atoms with Gasteiger partial charge < -0.3 is 15.8 Å². The van der Waals surface area contributed by atoms with Crippen LogP contribution in [0.3, 0.4) is 0 Å². The van der Waals surface area contributed by atoms with E-state index in [1.165, 1.54) is 0 Å². The second-order valence-corrected chi connectivity index (χ2v) is 3.20. The van der Waals surface area contributed by atoms with Crippen molar-refractivity contribution < 1.29 is 9.53 Å². The molecule has 0 aromatic heterocycles. The summed E-state index contributed by atoms with van der Waals surface area (Å²) in [6.07, 6.45) is 0.959. The molecule has 0 radical (unpaired) electrons. The quantitative estimate of drug-likeness (QED) is 0.697. The fourth-order valence-corrected chi connectivity index (χ4v) is 1.42. The summed E-state index contributed by atoms with van der Waals surface area (Å²) in [6.45, 7) is 1.56. The number of nitrogens with two attached hydrogens (primary N) is 1. The van der Waals surface area contributed by atoms with Crippen molar-refractivity contribution in [3.8, 4) is 5.75 Å². The molecule has 74 valence electrons. The Kier molecular flexibility index (Phi) is 2.26. The van der Waals surface area contributed by atoms with E-state index in [4.69, 9.17) is 10.5 Å². The monoisotopic (exact) mass is 192 g/mol. The van der Waals surface area contributed by atoms with Gasteiger partial charge >= 0.3 is 0 Å². The van der Waals surface area contributed by atoms with Crippen LogP contribution in [0.2, 0.25) is 0 Å². The lowest BCUT2D eigenvalue weighted by molar-refractivity contribution is 0.1000. The van der Waals surface area contributed by atoms with Crippen molar-refractivity contribution in [2.45, 2.75) is 6.42 Å². The van der Waals surface area contributed by atoms with Crippen LogP contribution in [-0.2, 0) is 0 Å². The largest absolute Gasteiger partial charge is 0.491 e. The molecule has 0 aliphatic carbocycles. The van der Waals surface area contributed by atoms with Gasteiger partial charge in [0.2, 0.25) is 5.91 Å². The molecular formula is C10H12N2O2. The number of hydrogen-bond donors (Lipinski definition) is 2. The molecule has 1 aliphatic heterocycles. The highest BCUT2D eigenvalue weighted by molar-refractivity contribution is 5.93. The molecule has 0 saturated heterocycles. The highest BCUT2D eigenvalue weighted by atomic mass is 16.5. The molecule has 4 nitrogen and oxygen atoms in total. The summed E-state index contributed by atoms with van der Waals surface area (Å²) in [5.74, 6) is 0.277. The van der Waals surface area contributed by atoms with Crippen molar-refractivity contribution in [3.63, 3.8) is 0 Å². The average Bonchev–Trinajstić information content (AvgIpc) is 2.41. The summed E-state index contributed by atoms with van der Waals surface area (Å²) in [5, 5.41) is 3.21. The van der Waals surface area contributed by atoms with Gasteiger partial charge in [0, 0.05) is 12.1 Å². The number of carbonyl (C=O) groups excluding carboxylic acids is 1. The summed E-state index contributed by atoms with van der Waals surface area (Å²) in [4.78, 5) is 10.9. The first kappa shape index (κ1) is 8.87. The van der Waals surface area contributed by atoms with Crippen LogP contribution in [0.5, 0.6) is 5.75 Å². The minimum absolute atomic E-state index is 0.430. The molecule has 0 bridgehead atoms. The van der Waals surface area contributed by atoms with E-state index in [2.05, 4.69) is 5.32 Å². The minimum Gasteiger partial charge on any atom is -0.491 e. The van der Waals surface area contributed by atoms with Crippen molar-refractivity contribution in [1.82, 2.24) is 0 Å². The highest BCUT2D eigenvalue weighted by Crippen LogP contribution is 2.27. The van der Waals surface area contributed by atoms with E-state index >= 15 is 0 Å². The zero-order chi connectivity index (χ0) is 9.97. The molecule has 3 N–H and O–H groups in total. The van der Waals surface area contributed by atoms with Crippen LogP contribution >= 0.6 is 0 Å². The number of anilines is 1. The van der Waals surface area contributed by atoms with Gasteiger partial charge in [-0.15, -0.1) is 0 Å². The predicted octanol–water partition coefficient (Wildman–Crippen LogP) is 0.980. The standard InChI is InChI=1S/C10H12N2O2/c11-10(13)7-2-3-8-9(6-7)14-5-1-4-12-8/h2-3,6,12H,1,4-5H2,(H2,11,13). The number of ether oxygens (including phenoxy) is 1. The molecule has 1 aromatic carbocycles. The number of primary amides is 1. The first-order valence-electron chi connectivity index (χ1n) is 4.58. The van der Waals surface area contributed by atoms with Crippen LogP contribution in [0.25, 0.3) is 0 Å². The Morgan fingerprint density at radius 1 is 1.50 bits per heavy atom. The van der Waals surface area contributed by atoms with Crippen molar-refractivity contribution in [2.75, 3.05) is 18.5 Å². The Hall–Kier alpha value is -1.71. The summed E-state index contributed by atoms with van der Waals surface area (Å²) in [5.41, 5.74) is 6.57. The fourth-order valence-electron chi connectivity index (χ4n) is 1.42. The number of benzene rings is 1. The van der Waals surface area contributed by atoms with Crippen LogP contribution < -0.4 is 15.8 Å². The number of nitrogens with one attached hydrogen (secondary N) is 1. The van der Waals surface area contributed by atoms with E-state index in [0.29, 0.717) is 17.9 Å². The SMILES string of the molecule is NC(=O)c1ccc2c(c1)OCCCN2. The average molecular weight is 192 g/mol. The predicted molar refractivity (Wildman–Crippen MR) is 53.6 cm³/mol. The summed E-state index contributed by atoms with van der Waals surface area (Å²) < 4.78 is 5.47. The fraction of sp³-hybridized carbons (Fsp3) is 0.300.